The number of carbonyl (C=O) groups excluding carboxylic acids is 1. The summed E-state index contributed by atoms with van der Waals surface area (Å²) in [5, 5.41) is 0. The molecule has 5 nitrogen and oxygen atoms in total. The lowest BCUT2D eigenvalue weighted by molar-refractivity contribution is -0.0396. The SMILES string of the molecule is COCCOCC(C)(C)OC(N)=O. The molecule has 0 atom stereocenters. The van der Waals surface area contributed by atoms with E-state index in [1.165, 1.54) is 0 Å². The summed E-state index contributed by atoms with van der Waals surface area (Å²) in [5.74, 6) is 0. The van der Waals surface area contributed by atoms with Gasteiger partial charge in [0, 0.05) is 7.11 Å². The molecule has 0 aromatic carbocycles. The molecule has 0 saturated carbocycles. The summed E-state index contributed by atoms with van der Waals surface area (Å²) in [6.45, 7) is 4.75. The average Bonchev–Trinajstić information content (AvgIpc) is 1.95. The summed E-state index contributed by atoms with van der Waals surface area (Å²) in [4.78, 5) is 10.4. The number of nitrogens with two attached hydrogens (primary N) is 1. The average molecular weight is 191 g/mol. The first kappa shape index (κ1) is 12.2. The van der Waals surface area contributed by atoms with Gasteiger partial charge in [-0.05, 0) is 13.8 Å². The Hall–Kier alpha value is -0.810. The van der Waals surface area contributed by atoms with Crippen LogP contribution < -0.4 is 5.73 Å². The molecule has 13 heavy (non-hydrogen) atoms. The summed E-state index contributed by atoms with van der Waals surface area (Å²) in [6, 6.07) is 0. The van der Waals surface area contributed by atoms with Crippen molar-refractivity contribution in [1.82, 2.24) is 0 Å². The minimum absolute atomic E-state index is 0.305. The lowest BCUT2D eigenvalue weighted by atomic mass is 10.1. The van der Waals surface area contributed by atoms with E-state index in [-0.39, 0.29) is 0 Å². The van der Waals surface area contributed by atoms with E-state index in [0.717, 1.165) is 0 Å². The molecule has 0 radical (unpaired) electrons. The second kappa shape index (κ2) is 5.77. The molecule has 0 aliphatic heterocycles. The minimum atomic E-state index is -0.791. The molecule has 78 valence electrons. The highest BCUT2D eigenvalue weighted by Gasteiger charge is 2.21. The summed E-state index contributed by atoms with van der Waals surface area (Å²) in [6.07, 6.45) is -0.791. The van der Waals surface area contributed by atoms with Crippen LogP contribution in [0.4, 0.5) is 4.79 Å². The van der Waals surface area contributed by atoms with Crippen LogP contribution in [-0.2, 0) is 14.2 Å². The Morgan fingerprint density at radius 3 is 2.46 bits per heavy atom. The second-order valence-corrected chi connectivity index (χ2v) is 3.23. The fourth-order valence-electron chi connectivity index (χ4n) is 0.762. The Labute approximate surface area is 78.1 Å². The second-order valence-electron chi connectivity index (χ2n) is 3.23. The first-order chi connectivity index (χ1) is 5.98. The Bertz CT molecular complexity index is 158. The normalized spacial score (nSPS) is 11.3. The molecule has 1 amide bonds. The van der Waals surface area contributed by atoms with Gasteiger partial charge >= 0.3 is 6.09 Å². The van der Waals surface area contributed by atoms with E-state index in [1.807, 2.05) is 0 Å². The summed E-state index contributed by atoms with van der Waals surface area (Å²) in [5.41, 5.74) is 4.19. The number of hydrogen-bond donors (Lipinski definition) is 1. The van der Waals surface area contributed by atoms with E-state index >= 15 is 0 Å². The maximum absolute atomic E-state index is 10.4. The molecule has 0 aromatic heterocycles. The maximum atomic E-state index is 10.4. The van der Waals surface area contributed by atoms with Crippen LogP contribution in [0.15, 0.2) is 0 Å². The third kappa shape index (κ3) is 7.55. The summed E-state index contributed by atoms with van der Waals surface area (Å²) >= 11 is 0. The van der Waals surface area contributed by atoms with Gasteiger partial charge in [-0.15, -0.1) is 0 Å². The molecular formula is C8H17NO4. The van der Waals surface area contributed by atoms with Gasteiger partial charge in [0.2, 0.25) is 0 Å². The van der Waals surface area contributed by atoms with Crippen molar-refractivity contribution in [2.45, 2.75) is 19.4 Å². The number of hydrogen-bond acceptors (Lipinski definition) is 4. The Kier molecular flexibility index (Phi) is 5.41. The molecule has 0 rings (SSSR count). The molecule has 0 bridgehead atoms. The van der Waals surface area contributed by atoms with E-state index < -0.39 is 11.7 Å². The van der Waals surface area contributed by atoms with Gasteiger partial charge in [0.25, 0.3) is 0 Å². The van der Waals surface area contributed by atoms with Gasteiger partial charge in [0.15, 0.2) is 0 Å². The third-order valence-corrected chi connectivity index (χ3v) is 1.26. The van der Waals surface area contributed by atoms with Crippen molar-refractivity contribution in [2.75, 3.05) is 26.9 Å². The van der Waals surface area contributed by atoms with E-state index in [2.05, 4.69) is 0 Å². The quantitative estimate of drug-likeness (QED) is 0.621. The van der Waals surface area contributed by atoms with Crippen LogP contribution in [0, 0.1) is 0 Å². The number of primary amides is 1. The highest BCUT2D eigenvalue weighted by atomic mass is 16.6. The van der Waals surface area contributed by atoms with Crippen molar-refractivity contribution in [1.29, 1.82) is 0 Å². The van der Waals surface area contributed by atoms with Crippen LogP contribution in [0.25, 0.3) is 0 Å². The number of rotatable bonds is 6. The van der Waals surface area contributed by atoms with Gasteiger partial charge < -0.3 is 19.9 Å². The van der Waals surface area contributed by atoms with Gasteiger partial charge in [0.05, 0.1) is 19.8 Å². The van der Waals surface area contributed by atoms with Crippen LogP contribution in [0.3, 0.4) is 0 Å². The predicted octanol–water partition coefficient (Wildman–Crippen LogP) is 0.523. The monoisotopic (exact) mass is 191 g/mol. The van der Waals surface area contributed by atoms with E-state index in [4.69, 9.17) is 19.9 Å². The summed E-state index contributed by atoms with van der Waals surface area (Å²) < 4.78 is 14.8. The number of amides is 1. The van der Waals surface area contributed by atoms with Gasteiger partial charge in [-0.25, -0.2) is 4.79 Å². The van der Waals surface area contributed by atoms with Crippen molar-refractivity contribution in [3.63, 3.8) is 0 Å². The molecule has 0 aromatic rings. The molecule has 0 fully saturated rings. The minimum Gasteiger partial charge on any atom is -0.441 e. The standard InChI is InChI=1S/C8H17NO4/c1-8(2,13-7(9)10)6-12-5-4-11-3/h4-6H2,1-3H3,(H2,9,10). The van der Waals surface area contributed by atoms with E-state index in [1.54, 1.807) is 21.0 Å². The first-order valence-corrected chi connectivity index (χ1v) is 4.03. The van der Waals surface area contributed by atoms with Crippen molar-refractivity contribution >= 4 is 6.09 Å². The number of ether oxygens (including phenoxy) is 3. The molecule has 0 spiro atoms. The molecule has 0 aliphatic rings. The zero-order valence-corrected chi connectivity index (χ0v) is 8.33. The fraction of sp³-hybridized carbons (Fsp3) is 0.875. The van der Waals surface area contributed by atoms with Gasteiger partial charge in [0.1, 0.15) is 5.60 Å². The third-order valence-electron chi connectivity index (χ3n) is 1.26. The van der Waals surface area contributed by atoms with Crippen molar-refractivity contribution < 1.29 is 19.0 Å². The van der Waals surface area contributed by atoms with Crippen LogP contribution in [-0.4, -0.2) is 38.6 Å². The zero-order valence-electron chi connectivity index (χ0n) is 8.33. The van der Waals surface area contributed by atoms with E-state index in [9.17, 15) is 4.79 Å². The molecule has 2 N–H and O–H groups in total. The van der Waals surface area contributed by atoms with Crippen LogP contribution in [0.1, 0.15) is 13.8 Å². The molecule has 5 heteroatoms. The zero-order chi connectivity index (χ0) is 10.3. The largest absolute Gasteiger partial charge is 0.441 e. The maximum Gasteiger partial charge on any atom is 0.405 e. The van der Waals surface area contributed by atoms with Crippen LogP contribution in [0.2, 0.25) is 0 Å². The van der Waals surface area contributed by atoms with Crippen LogP contribution in [0.5, 0.6) is 0 Å². The Morgan fingerprint density at radius 1 is 1.38 bits per heavy atom. The lowest BCUT2D eigenvalue weighted by Gasteiger charge is -2.23. The molecular weight excluding hydrogens is 174 g/mol. The van der Waals surface area contributed by atoms with Gasteiger partial charge in [-0.3, -0.25) is 0 Å². The van der Waals surface area contributed by atoms with E-state index in [0.29, 0.717) is 19.8 Å². The van der Waals surface area contributed by atoms with Crippen molar-refractivity contribution in [2.24, 2.45) is 5.73 Å². The Morgan fingerprint density at radius 2 is 2.00 bits per heavy atom. The predicted molar refractivity (Wildman–Crippen MR) is 47.4 cm³/mol. The highest BCUT2D eigenvalue weighted by molar-refractivity contribution is 5.65. The molecule has 0 saturated heterocycles. The van der Waals surface area contributed by atoms with Crippen molar-refractivity contribution in [3.05, 3.63) is 0 Å². The molecule has 0 aliphatic carbocycles. The van der Waals surface area contributed by atoms with Gasteiger partial charge in [-0.2, -0.15) is 0 Å². The van der Waals surface area contributed by atoms with Crippen LogP contribution >= 0.6 is 0 Å². The Balaban J connectivity index is 3.56. The van der Waals surface area contributed by atoms with Crippen molar-refractivity contribution in [3.8, 4) is 0 Å². The van der Waals surface area contributed by atoms with Gasteiger partial charge in [-0.1, -0.05) is 0 Å². The first-order valence-electron chi connectivity index (χ1n) is 4.03. The topological polar surface area (TPSA) is 70.8 Å². The molecule has 0 heterocycles. The lowest BCUT2D eigenvalue weighted by Crippen LogP contribution is -2.36. The smallest absolute Gasteiger partial charge is 0.405 e. The number of carbonyl (C=O) groups is 1. The number of methoxy groups -OCH3 is 1. The highest BCUT2D eigenvalue weighted by Crippen LogP contribution is 2.08. The fourth-order valence-corrected chi connectivity index (χ4v) is 0.762. The summed E-state index contributed by atoms with van der Waals surface area (Å²) in [7, 11) is 1.59. The molecule has 0 unspecified atom stereocenters.